The molecular formula is C16H12ClFN4O2. The molecule has 2 aromatic heterocycles. The van der Waals surface area contributed by atoms with Crippen molar-refractivity contribution in [2.24, 2.45) is 5.10 Å². The lowest BCUT2D eigenvalue weighted by Gasteiger charge is -2.00. The van der Waals surface area contributed by atoms with E-state index in [1.165, 1.54) is 24.3 Å². The molecule has 8 heteroatoms. The van der Waals surface area contributed by atoms with Crippen LogP contribution in [0.15, 0.2) is 58.3 Å². The fraction of sp³-hybridized carbons (Fsp3) is 0.0625. The maximum Gasteiger partial charge on any atom is 0.307 e. The Morgan fingerprint density at radius 3 is 3.00 bits per heavy atom. The smallest absolute Gasteiger partial charge is 0.307 e. The van der Waals surface area contributed by atoms with Gasteiger partial charge in [-0.2, -0.15) is 10.2 Å². The van der Waals surface area contributed by atoms with Crippen LogP contribution in [0.3, 0.4) is 0 Å². The third-order valence-electron chi connectivity index (χ3n) is 3.12. The molecule has 0 unspecified atom stereocenters. The van der Waals surface area contributed by atoms with Gasteiger partial charge in [0.2, 0.25) is 0 Å². The van der Waals surface area contributed by atoms with Gasteiger partial charge >= 0.3 is 5.91 Å². The fourth-order valence-electron chi connectivity index (χ4n) is 1.98. The van der Waals surface area contributed by atoms with E-state index in [0.29, 0.717) is 12.3 Å². The molecule has 0 bridgehead atoms. The molecule has 0 saturated heterocycles. The third kappa shape index (κ3) is 3.69. The van der Waals surface area contributed by atoms with Gasteiger partial charge in [0.15, 0.2) is 5.76 Å². The molecule has 1 N–H and O–H groups in total. The number of nitrogens with one attached hydrogen (secondary N) is 1. The van der Waals surface area contributed by atoms with Gasteiger partial charge in [-0.05, 0) is 30.3 Å². The van der Waals surface area contributed by atoms with Crippen LogP contribution in [0.1, 0.15) is 21.9 Å². The normalized spacial score (nSPS) is 11.1. The lowest BCUT2D eigenvalue weighted by molar-refractivity contribution is 0.0925. The number of carbonyl (C=O) groups excluding carboxylic acids is 1. The summed E-state index contributed by atoms with van der Waals surface area (Å²) in [6.45, 7) is 0.411. The zero-order chi connectivity index (χ0) is 16.9. The molecule has 2 heterocycles. The van der Waals surface area contributed by atoms with Gasteiger partial charge < -0.3 is 4.42 Å². The SMILES string of the molecule is O=C(NN=Cc1c(F)cccc1Cl)c1ccc(Cn2cccn2)o1. The average Bonchev–Trinajstić information content (AvgIpc) is 3.22. The monoisotopic (exact) mass is 346 g/mol. The highest BCUT2D eigenvalue weighted by atomic mass is 35.5. The van der Waals surface area contributed by atoms with Crippen LogP contribution in [0.5, 0.6) is 0 Å². The number of hydrogen-bond acceptors (Lipinski definition) is 4. The van der Waals surface area contributed by atoms with Gasteiger partial charge in [-0.1, -0.05) is 17.7 Å². The minimum Gasteiger partial charge on any atom is -0.454 e. The molecule has 1 amide bonds. The van der Waals surface area contributed by atoms with Crippen LogP contribution < -0.4 is 5.43 Å². The highest BCUT2D eigenvalue weighted by Crippen LogP contribution is 2.16. The second-order valence-electron chi connectivity index (χ2n) is 4.80. The second-order valence-corrected chi connectivity index (χ2v) is 5.21. The van der Waals surface area contributed by atoms with Crippen molar-refractivity contribution in [2.45, 2.75) is 6.54 Å². The maximum atomic E-state index is 13.6. The summed E-state index contributed by atoms with van der Waals surface area (Å²) in [4.78, 5) is 12.0. The summed E-state index contributed by atoms with van der Waals surface area (Å²) in [6, 6.07) is 9.26. The fourth-order valence-corrected chi connectivity index (χ4v) is 2.19. The highest BCUT2D eigenvalue weighted by Gasteiger charge is 2.11. The van der Waals surface area contributed by atoms with Crippen molar-refractivity contribution in [3.63, 3.8) is 0 Å². The van der Waals surface area contributed by atoms with E-state index in [2.05, 4.69) is 15.6 Å². The van der Waals surface area contributed by atoms with Crippen LogP contribution in [0, 0.1) is 5.82 Å². The standard InChI is InChI=1S/C16H12ClFN4O2/c17-13-3-1-4-14(18)12(13)9-19-21-16(23)15-6-5-11(24-15)10-22-8-2-7-20-22/h1-9H,10H2,(H,21,23). The van der Waals surface area contributed by atoms with Crippen molar-refractivity contribution >= 4 is 23.7 Å². The number of nitrogens with zero attached hydrogens (tertiary/aromatic N) is 3. The Kier molecular flexibility index (Phi) is 4.72. The molecule has 0 saturated carbocycles. The molecule has 0 aliphatic heterocycles. The zero-order valence-corrected chi connectivity index (χ0v) is 13.1. The number of halogens is 2. The van der Waals surface area contributed by atoms with E-state index in [0.717, 1.165) is 6.21 Å². The summed E-state index contributed by atoms with van der Waals surface area (Å²) >= 11 is 5.86. The number of furan rings is 1. The van der Waals surface area contributed by atoms with Gasteiger partial charge in [0, 0.05) is 18.0 Å². The molecule has 0 aliphatic rings. The third-order valence-corrected chi connectivity index (χ3v) is 3.45. The van der Waals surface area contributed by atoms with Crippen molar-refractivity contribution in [3.8, 4) is 0 Å². The zero-order valence-electron chi connectivity index (χ0n) is 12.3. The number of aromatic nitrogens is 2. The van der Waals surface area contributed by atoms with Crippen LogP contribution in [0.25, 0.3) is 0 Å². The minimum atomic E-state index is -0.551. The molecule has 0 radical (unpaired) electrons. The lowest BCUT2D eigenvalue weighted by Crippen LogP contribution is -2.17. The van der Waals surface area contributed by atoms with Gasteiger partial charge in [-0.15, -0.1) is 0 Å². The molecular weight excluding hydrogens is 335 g/mol. The largest absolute Gasteiger partial charge is 0.454 e. The van der Waals surface area contributed by atoms with Crippen LogP contribution in [0.2, 0.25) is 5.02 Å². The average molecular weight is 347 g/mol. The van der Waals surface area contributed by atoms with Crippen molar-refractivity contribution < 1.29 is 13.6 Å². The number of carbonyl (C=O) groups is 1. The summed E-state index contributed by atoms with van der Waals surface area (Å²) in [6.07, 6.45) is 4.58. The molecule has 1 aromatic carbocycles. The Bertz CT molecular complexity index is 854. The van der Waals surface area contributed by atoms with E-state index in [-0.39, 0.29) is 16.3 Å². The number of rotatable bonds is 5. The van der Waals surface area contributed by atoms with Gasteiger partial charge in [0.05, 0.1) is 17.8 Å². The molecule has 0 aliphatic carbocycles. The van der Waals surface area contributed by atoms with Crippen LogP contribution in [0.4, 0.5) is 4.39 Å². The highest BCUT2D eigenvalue weighted by molar-refractivity contribution is 6.33. The molecule has 6 nitrogen and oxygen atoms in total. The number of amides is 1. The Hall–Kier alpha value is -2.93. The molecule has 3 aromatic rings. The van der Waals surface area contributed by atoms with Crippen molar-refractivity contribution in [1.29, 1.82) is 0 Å². The van der Waals surface area contributed by atoms with Crippen molar-refractivity contribution in [3.05, 3.63) is 76.7 Å². The van der Waals surface area contributed by atoms with Crippen LogP contribution in [-0.4, -0.2) is 21.9 Å². The Labute approximate surface area is 141 Å². The van der Waals surface area contributed by atoms with E-state index < -0.39 is 11.7 Å². The lowest BCUT2D eigenvalue weighted by atomic mass is 10.2. The first kappa shape index (κ1) is 15.9. The number of hydrazone groups is 1. The van der Waals surface area contributed by atoms with Crippen LogP contribution in [-0.2, 0) is 6.54 Å². The Morgan fingerprint density at radius 2 is 2.25 bits per heavy atom. The predicted octanol–water partition coefficient (Wildman–Crippen LogP) is 3.08. The first-order valence-corrected chi connectivity index (χ1v) is 7.35. The summed E-state index contributed by atoms with van der Waals surface area (Å²) < 4.78 is 20.7. The number of benzene rings is 1. The molecule has 0 atom stereocenters. The van der Waals surface area contributed by atoms with E-state index in [1.54, 1.807) is 29.2 Å². The minimum absolute atomic E-state index is 0.0916. The van der Waals surface area contributed by atoms with Gasteiger partial charge in [-0.3, -0.25) is 9.48 Å². The Morgan fingerprint density at radius 1 is 1.38 bits per heavy atom. The first-order valence-electron chi connectivity index (χ1n) is 6.97. The van der Waals surface area contributed by atoms with E-state index in [1.807, 2.05) is 0 Å². The molecule has 3 rings (SSSR count). The Balaban J connectivity index is 1.63. The summed E-state index contributed by atoms with van der Waals surface area (Å²) in [5.74, 6) is -0.413. The maximum absolute atomic E-state index is 13.6. The van der Waals surface area contributed by atoms with E-state index in [4.69, 9.17) is 16.0 Å². The quantitative estimate of drug-likeness (QED) is 0.570. The molecule has 0 fully saturated rings. The summed E-state index contributed by atoms with van der Waals surface area (Å²) in [7, 11) is 0. The number of hydrogen-bond donors (Lipinski definition) is 1. The molecule has 24 heavy (non-hydrogen) atoms. The predicted molar refractivity (Wildman–Crippen MR) is 86.5 cm³/mol. The van der Waals surface area contributed by atoms with Gasteiger partial charge in [-0.25, -0.2) is 9.82 Å². The first-order chi connectivity index (χ1) is 11.6. The van der Waals surface area contributed by atoms with E-state index >= 15 is 0 Å². The molecule has 0 spiro atoms. The summed E-state index contributed by atoms with van der Waals surface area (Å²) in [5.41, 5.74) is 2.36. The molecule has 122 valence electrons. The van der Waals surface area contributed by atoms with Crippen molar-refractivity contribution in [1.82, 2.24) is 15.2 Å². The van der Waals surface area contributed by atoms with Crippen LogP contribution >= 0.6 is 11.6 Å². The summed E-state index contributed by atoms with van der Waals surface area (Å²) in [5, 5.41) is 7.95. The topological polar surface area (TPSA) is 72.4 Å². The van der Waals surface area contributed by atoms with Gasteiger partial charge in [0.1, 0.15) is 11.6 Å². The second kappa shape index (κ2) is 7.10. The van der Waals surface area contributed by atoms with Crippen molar-refractivity contribution in [2.75, 3.05) is 0 Å². The van der Waals surface area contributed by atoms with E-state index in [9.17, 15) is 9.18 Å². The van der Waals surface area contributed by atoms with Gasteiger partial charge in [0.25, 0.3) is 0 Å².